The Morgan fingerprint density at radius 1 is 1.06 bits per heavy atom. The van der Waals surface area contributed by atoms with Gasteiger partial charge in [-0.3, -0.25) is 0 Å². The van der Waals surface area contributed by atoms with Crippen molar-refractivity contribution < 1.29 is 13.5 Å². The Labute approximate surface area is 95.8 Å². The summed E-state index contributed by atoms with van der Waals surface area (Å²) in [5.41, 5.74) is 11.2. The third-order valence-corrected chi connectivity index (χ3v) is 2.04. The third kappa shape index (κ3) is 2.41. The summed E-state index contributed by atoms with van der Waals surface area (Å²) in [7, 11) is 0. The van der Waals surface area contributed by atoms with Crippen LogP contribution in [0.5, 0.6) is 11.6 Å². The minimum atomic E-state index is -0.817. The highest BCUT2D eigenvalue weighted by Crippen LogP contribution is 2.25. The molecule has 0 aliphatic carbocycles. The lowest BCUT2D eigenvalue weighted by molar-refractivity contribution is 0.424. The van der Waals surface area contributed by atoms with Crippen LogP contribution in [0, 0.1) is 11.6 Å². The van der Waals surface area contributed by atoms with Gasteiger partial charge in [-0.05, 0) is 18.2 Å². The van der Waals surface area contributed by atoms with Crippen molar-refractivity contribution in [2.75, 3.05) is 11.5 Å². The number of rotatable bonds is 2. The molecule has 0 saturated carbocycles. The van der Waals surface area contributed by atoms with Crippen LogP contribution in [0.25, 0.3) is 0 Å². The summed E-state index contributed by atoms with van der Waals surface area (Å²) in [4.78, 5) is 3.80. The molecule has 0 fully saturated rings. The van der Waals surface area contributed by atoms with Gasteiger partial charge in [0, 0.05) is 12.1 Å². The van der Waals surface area contributed by atoms with Gasteiger partial charge in [0.2, 0.25) is 5.88 Å². The Balaban J connectivity index is 2.28. The molecule has 2 aromatic rings. The zero-order valence-electron chi connectivity index (χ0n) is 8.65. The van der Waals surface area contributed by atoms with Crippen molar-refractivity contribution in [3.63, 3.8) is 0 Å². The Morgan fingerprint density at radius 3 is 2.47 bits per heavy atom. The van der Waals surface area contributed by atoms with Crippen LogP contribution in [-0.2, 0) is 0 Å². The molecule has 0 radical (unpaired) electrons. The normalized spacial score (nSPS) is 10.2. The molecule has 88 valence electrons. The lowest BCUT2D eigenvalue weighted by Crippen LogP contribution is -1.99. The fraction of sp³-hybridized carbons (Fsp3) is 0. The van der Waals surface area contributed by atoms with E-state index in [2.05, 4.69) is 4.98 Å². The van der Waals surface area contributed by atoms with Crippen LogP contribution in [0.4, 0.5) is 20.3 Å². The van der Waals surface area contributed by atoms with Crippen molar-refractivity contribution in [2.24, 2.45) is 0 Å². The van der Waals surface area contributed by atoms with Crippen LogP contribution >= 0.6 is 0 Å². The first-order chi connectivity index (χ1) is 8.06. The molecule has 0 aliphatic heterocycles. The maximum Gasteiger partial charge on any atom is 0.221 e. The molecule has 4 N–H and O–H groups in total. The number of halogens is 2. The van der Waals surface area contributed by atoms with Crippen molar-refractivity contribution in [1.29, 1.82) is 0 Å². The molecule has 0 amide bonds. The second-order valence-corrected chi connectivity index (χ2v) is 3.30. The van der Waals surface area contributed by atoms with E-state index in [1.165, 1.54) is 18.2 Å². The van der Waals surface area contributed by atoms with E-state index in [0.29, 0.717) is 5.69 Å². The molecule has 0 bridgehead atoms. The van der Waals surface area contributed by atoms with Gasteiger partial charge in [0.25, 0.3) is 0 Å². The van der Waals surface area contributed by atoms with Gasteiger partial charge >= 0.3 is 0 Å². The average molecular weight is 237 g/mol. The van der Waals surface area contributed by atoms with Crippen molar-refractivity contribution in [2.45, 2.75) is 0 Å². The number of ether oxygens (including phenoxy) is 1. The molecule has 1 aromatic carbocycles. The molecular formula is C11H9F2N3O. The van der Waals surface area contributed by atoms with Crippen LogP contribution in [0.3, 0.4) is 0 Å². The van der Waals surface area contributed by atoms with E-state index >= 15 is 0 Å². The second kappa shape index (κ2) is 4.25. The molecule has 1 heterocycles. The molecule has 1 aromatic heterocycles. The van der Waals surface area contributed by atoms with E-state index in [0.717, 1.165) is 12.1 Å². The largest absolute Gasteiger partial charge is 0.436 e. The van der Waals surface area contributed by atoms with Gasteiger partial charge in [0.15, 0.2) is 17.4 Å². The second-order valence-electron chi connectivity index (χ2n) is 3.30. The smallest absolute Gasteiger partial charge is 0.221 e. The Morgan fingerprint density at radius 2 is 1.82 bits per heavy atom. The Kier molecular flexibility index (Phi) is 2.78. The predicted molar refractivity (Wildman–Crippen MR) is 59.5 cm³/mol. The van der Waals surface area contributed by atoms with E-state index in [1.54, 1.807) is 0 Å². The van der Waals surface area contributed by atoms with Crippen LogP contribution in [-0.4, -0.2) is 4.98 Å². The summed E-state index contributed by atoms with van der Waals surface area (Å²) in [5, 5.41) is 0. The molecule has 6 heteroatoms. The summed E-state index contributed by atoms with van der Waals surface area (Å²) in [6.07, 6.45) is 0. The highest BCUT2D eigenvalue weighted by molar-refractivity contribution is 5.58. The quantitative estimate of drug-likeness (QED) is 0.840. The fourth-order valence-corrected chi connectivity index (χ4v) is 1.19. The summed E-state index contributed by atoms with van der Waals surface area (Å²) >= 11 is 0. The van der Waals surface area contributed by atoms with Crippen molar-refractivity contribution in [3.05, 3.63) is 42.0 Å². The minimum absolute atomic E-state index is 0.0854. The van der Waals surface area contributed by atoms with Crippen molar-refractivity contribution in [1.82, 2.24) is 4.98 Å². The van der Waals surface area contributed by atoms with Crippen LogP contribution in [0.2, 0.25) is 0 Å². The lowest BCUT2D eigenvalue weighted by Gasteiger charge is -2.07. The first-order valence-electron chi connectivity index (χ1n) is 4.71. The maximum absolute atomic E-state index is 13.3. The number of pyridine rings is 1. The zero-order chi connectivity index (χ0) is 12.4. The third-order valence-electron chi connectivity index (χ3n) is 2.04. The monoisotopic (exact) mass is 237 g/mol. The summed E-state index contributed by atoms with van der Waals surface area (Å²) in [5.74, 6) is -1.46. The number of anilines is 2. The van der Waals surface area contributed by atoms with Gasteiger partial charge < -0.3 is 16.2 Å². The summed E-state index contributed by atoms with van der Waals surface area (Å²) < 4.78 is 31.0. The molecule has 2 rings (SSSR count). The minimum Gasteiger partial charge on any atom is -0.436 e. The summed E-state index contributed by atoms with van der Waals surface area (Å²) in [6, 6.07) is 5.89. The van der Waals surface area contributed by atoms with Crippen molar-refractivity contribution >= 4 is 11.5 Å². The number of hydrogen-bond acceptors (Lipinski definition) is 4. The molecular weight excluding hydrogens is 228 g/mol. The molecule has 0 spiro atoms. The van der Waals surface area contributed by atoms with E-state index < -0.39 is 11.6 Å². The van der Waals surface area contributed by atoms with E-state index in [4.69, 9.17) is 16.2 Å². The van der Waals surface area contributed by atoms with E-state index in [-0.39, 0.29) is 17.4 Å². The molecule has 0 unspecified atom stereocenters. The number of nitrogens with two attached hydrogens (primary N) is 2. The molecule has 0 aliphatic rings. The topological polar surface area (TPSA) is 74.2 Å². The first kappa shape index (κ1) is 11.1. The number of hydrogen-bond donors (Lipinski definition) is 2. The van der Waals surface area contributed by atoms with Gasteiger partial charge in [-0.2, -0.15) is 4.98 Å². The predicted octanol–water partition coefficient (Wildman–Crippen LogP) is 2.32. The molecule has 4 nitrogen and oxygen atoms in total. The van der Waals surface area contributed by atoms with Gasteiger partial charge in [-0.1, -0.05) is 0 Å². The van der Waals surface area contributed by atoms with Gasteiger partial charge in [-0.25, -0.2) is 8.78 Å². The van der Waals surface area contributed by atoms with E-state index in [1.807, 2.05) is 0 Å². The maximum atomic E-state index is 13.3. The van der Waals surface area contributed by atoms with Crippen LogP contribution < -0.4 is 16.2 Å². The number of nitrogens with zero attached hydrogens (tertiary/aromatic N) is 1. The lowest BCUT2D eigenvalue weighted by atomic mass is 10.3. The van der Waals surface area contributed by atoms with Crippen molar-refractivity contribution in [3.8, 4) is 11.6 Å². The van der Waals surface area contributed by atoms with Crippen LogP contribution in [0.15, 0.2) is 30.3 Å². The van der Waals surface area contributed by atoms with Crippen LogP contribution in [0.1, 0.15) is 0 Å². The van der Waals surface area contributed by atoms with Gasteiger partial charge in [0.1, 0.15) is 5.82 Å². The standard InChI is InChI=1S/C11H9F2N3O/c12-6-1-3-9(7(13)5-6)17-10-4-2-8(14)11(15)16-10/h1-5H,14H2,(H2,15,16). The average Bonchev–Trinajstić information content (AvgIpc) is 2.27. The number of nitrogen functional groups attached to an aromatic ring is 2. The SMILES string of the molecule is Nc1ccc(Oc2ccc(F)cc2F)nc1N. The number of benzene rings is 1. The zero-order valence-corrected chi connectivity index (χ0v) is 8.65. The number of aromatic nitrogens is 1. The summed E-state index contributed by atoms with van der Waals surface area (Å²) in [6.45, 7) is 0. The first-order valence-corrected chi connectivity index (χ1v) is 4.71. The molecule has 0 saturated heterocycles. The highest BCUT2D eigenvalue weighted by Gasteiger charge is 2.07. The Bertz CT molecular complexity index is 560. The van der Waals surface area contributed by atoms with E-state index in [9.17, 15) is 8.78 Å². The van der Waals surface area contributed by atoms with Gasteiger partial charge in [-0.15, -0.1) is 0 Å². The Hall–Kier alpha value is -2.37. The molecule has 17 heavy (non-hydrogen) atoms. The molecule has 0 atom stereocenters. The van der Waals surface area contributed by atoms with Gasteiger partial charge in [0.05, 0.1) is 5.69 Å². The fourth-order valence-electron chi connectivity index (χ4n) is 1.19. The highest BCUT2D eigenvalue weighted by atomic mass is 19.1.